The number of hydrogen-bond donors (Lipinski definition) is 0. The molecule has 0 saturated carbocycles. The number of nitrogens with zero attached hydrogens (tertiary/aromatic N) is 2. The number of hydrogen-bond acceptors (Lipinski definition) is 3. The van der Waals surface area contributed by atoms with Crippen LogP contribution < -0.4 is 5.56 Å². The fraction of sp³-hybridized carbons (Fsp3) is 0.600. The van der Waals surface area contributed by atoms with Crippen LogP contribution in [0, 0.1) is 3.57 Å². The van der Waals surface area contributed by atoms with Crippen molar-refractivity contribution in [2.75, 3.05) is 0 Å². The van der Waals surface area contributed by atoms with E-state index >= 15 is 0 Å². The van der Waals surface area contributed by atoms with E-state index in [0.29, 0.717) is 16.2 Å². The largest absolute Gasteiger partial charge is 0.373 e. The van der Waals surface area contributed by atoms with Gasteiger partial charge in [-0.05, 0) is 42.4 Å². The topological polar surface area (TPSA) is 44.1 Å². The highest BCUT2D eigenvalue weighted by Crippen LogP contribution is 2.20. The first-order chi connectivity index (χ1) is 7.58. The maximum absolute atomic E-state index is 11.8. The van der Waals surface area contributed by atoms with Gasteiger partial charge in [0.25, 0.3) is 5.56 Å². The van der Waals surface area contributed by atoms with Crippen LogP contribution in [0.5, 0.6) is 0 Å². The monoisotopic (exact) mass is 354 g/mol. The smallest absolute Gasteiger partial charge is 0.268 e. The molecular formula is C10H12ClIN2O2. The van der Waals surface area contributed by atoms with Gasteiger partial charge in [0.15, 0.2) is 0 Å². The van der Waals surface area contributed by atoms with Crippen LogP contribution in [-0.4, -0.2) is 21.8 Å². The van der Waals surface area contributed by atoms with E-state index in [0.717, 1.165) is 12.8 Å². The normalized spacial score (nSPS) is 24.9. The Balaban J connectivity index is 2.16. The fourth-order valence-corrected chi connectivity index (χ4v) is 2.39. The summed E-state index contributed by atoms with van der Waals surface area (Å²) >= 11 is 7.68. The summed E-state index contributed by atoms with van der Waals surface area (Å²) in [5, 5.41) is 0.266. The summed E-state index contributed by atoms with van der Waals surface area (Å²) in [6, 6.07) is 0. The molecule has 1 aromatic rings. The molecule has 1 aromatic heterocycles. The maximum Gasteiger partial charge on any atom is 0.268 e. The minimum atomic E-state index is -0.0937. The van der Waals surface area contributed by atoms with Crippen LogP contribution in [0.2, 0.25) is 5.15 Å². The molecule has 1 saturated heterocycles. The Labute approximate surface area is 112 Å². The van der Waals surface area contributed by atoms with E-state index in [2.05, 4.69) is 4.98 Å². The van der Waals surface area contributed by atoms with Gasteiger partial charge in [-0.2, -0.15) is 0 Å². The second-order valence-corrected chi connectivity index (χ2v) is 5.39. The van der Waals surface area contributed by atoms with Crippen molar-refractivity contribution in [3.8, 4) is 0 Å². The first-order valence-electron chi connectivity index (χ1n) is 5.14. The second-order valence-electron chi connectivity index (χ2n) is 3.95. The Kier molecular flexibility index (Phi) is 3.86. The van der Waals surface area contributed by atoms with Crippen LogP contribution in [0.4, 0.5) is 0 Å². The lowest BCUT2D eigenvalue weighted by Crippen LogP contribution is -2.28. The summed E-state index contributed by atoms with van der Waals surface area (Å²) in [7, 11) is 0. The molecule has 0 aliphatic carbocycles. The van der Waals surface area contributed by atoms with E-state index < -0.39 is 0 Å². The predicted molar refractivity (Wildman–Crippen MR) is 69.8 cm³/mol. The fourth-order valence-electron chi connectivity index (χ4n) is 1.81. The van der Waals surface area contributed by atoms with Gasteiger partial charge in [0.05, 0.1) is 25.1 Å². The highest BCUT2D eigenvalue weighted by atomic mass is 127. The lowest BCUT2D eigenvalue weighted by molar-refractivity contribution is 0.0450. The van der Waals surface area contributed by atoms with Crippen molar-refractivity contribution in [2.24, 2.45) is 0 Å². The minimum Gasteiger partial charge on any atom is -0.373 e. The molecule has 2 rings (SSSR count). The molecule has 4 nitrogen and oxygen atoms in total. The Morgan fingerprint density at radius 2 is 2.44 bits per heavy atom. The standard InChI is InChI=1S/C10H12ClIN2O2/c1-6-2-3-7(16-6)4-14-5-13-9(11)8(12)10(14)15/h5-7H,2-4H2,1H3. The molecule has 0 N–H and O–H groups in total. The van der Waals surface area contributed by atoms with Gasteiger partial charge in [0, 0.05) is 0 Å². The average molecular weight is 355 g/mol. The van der Waals surface area contributed by atoms with Crippen molar-refractivity contribution in [2.45, 2.75) is 38.5 Å². The lowest BCUT2D eigenvalue weighted by atomic mass is 10.2. The number of ether oxygens (including phenoxy) is 1. The van der Waals surface area contributed by atoms with Crippen LogP contribution in [-0.2, 0) is 11.3 Å². The molecule has 0 bridgehead atoms. The Morgan fingerprint density at radius 1 is 1.69 bits per heavy atom. The van der Waals surface area contributed by atoms with Crippen LogP contribution in [0.3, 0.4) is 0 Å². The Morgan fingerprint density at radius 3 is 3.06 bits per heavy atom. The van der Waals surface area contributed by atoms with E-state index in [1.165, 1.54) is 6.33 Å². The van der Waals surface area contributed by atoms with Crippen molar-refractivity contribution >= 4 is 34.2 Å². The van der Waals surface area contributed by atoms with Gasteiger partial charge >= 0.3 is 0 Å². The molecule has 2 atom stereocenters. The molecule has 0 spiro atoms. The molecule has 2 unspecified atom stereocenters. The first-order valence-corrected chi connectivity index (χ1v) is 6.59. The Hall–Kier alpha value is -0.140. The molecule has 0 amide bonds. The molecule has 1 aliphatic rings. The molecule has 2 heterocycles. The van der Waals surface area contributed by atoms with Crippen LogP contribution >= 0.6 is 34.2 Å². The lowest BCUT2D eigenvalue weighted by Gasteiger charge is -2.12. The van der Waals surface area contributed by atoms with Gasteiger partial charge in [0.1, 0.15) is 8.72 Å². The zero-order chi connectivity index (χ0) is 11.7. The molecule has 1 aliphatic heterocycles. The van der Waals surface area contributed by atoms with E-state index in [-0.39, 0.29) is 16.8 Å². The van der Waals surface area contributed by atoms with Crippen LogP contribution in [0.1, 0.15) is 19.8 Å². The van der Waals surface area contributed by atoms with Crippen LogP contribution in [0.15, 0.2) is 11.1 Å². The number of aromatic nitrogens is 2. The summed E-state index contributed by atoms with van der Waals surface area (Å²) in [5.74, 6) is 0. The minimum absolute atomic E-state index is 0.0937. The van der Waals surface area contributed by atoms with Gasteiger partial charge < -0.3 is 4.74 Å². The van der Waals surface area contributed by atoms with E-state index in [4.69, 9.17) is 16.3 Å². The van der Waals surface area contributed by atoms with Gasteiger partial charge in [0.2, 0.25) is 0 Å². The maximum atomic E-state index is 11.8. The third-order valence-corrected chi connectivity index (χ3v) is 4.24. The molecule has 0 aromatic carbocycles. The summed E-state index contributed by atoms with van der Waals surface area (Å²) in [6.45, 7) is 2.61. The molecule has 0 radical (unpaired) electrons. The third kappa shape index (κ3) is 2.57. The Bertz CT molecular complexity index is 449. The van der Waals surface area contributed by atoms with E-state index in [1.54, 1.807) is 4.57 Å². The van der Waals surface area contributed by atoms with Gasteiger partial charge in [-0.1, -0.05) is 11.6 Å². The summed E-state index contributed by atoms with van der Waals surface area (Å²) in [4.78, 5) is 15.8. The quantitative estimate of drug-likeness (QED) is 0.603. The van der Waals surface area contributed by atoms with E-state index in [9.17, 15) is 4.79 Å². The van der Waals surface area contributed by atoms with Crippen molar-refractivity contribution < 1.29 is 4.74 Å². The highest BCUT2D eigenvalue weighted by molar-refractivity contribution is 14.1. The average Bonchev–Trinajstić information content (AvgIpc) is 2.65. The van der Waals surface area contributed by atoms with Crippen molar-refractivity contribution in [3.63, 3.8) is 0 Å². The predicted octanol–water partition coefficient (Wildman–Crippen LogP) is 2.07. The van der Waals surface area contributed by atoms with Crippen molar-refractivity contribution in [1.29, 1.82) is 0 Å². The summed E-state index contributed by atoms with van der Waals surface area (Å²) < 4.78 is 7.70. The van der Waals surface area contributed by atoms with Gasteiger partial charge in [-0.3, -0.25) is 9.36 Å². The number of halogens is 2. The SMILES string of the molecule is CC1CCC(Cn2cnc(Cl)c(I)c2=O)O1. The zero-order valence-corrected chi connectivity index (χ0v) is 11.7. The molecular weight excluding hydrogens is 342 g/mol. The van der Waals surface area contributed by atoms with Gasteiger partial charge in [-0.25, -0.2) is 4.98 Å². The van der Waals surface area contributed by atoms with Gasteiger partial charge in [-0.15, -0.1) is 0 Å². The molecule has 6 heteroatoms. The zero-order valence-electron chi connectivity index (χ0n) is 8.82. The van der Waals surface area contributed by atoms with Crippen LogP contribution in [0.25, 0.3) is 0 Å². The molecule has 16 heavy (non-hydrogen) atoms. The van der Waals surface area contributed by atoms with Crippen molar-refractivity contribution in [1.82, 2.24) is 9.55 Å². The van der Waals surface area contributed by atoms with Crippen molar-refractivity contribution in [3.05, 3.63) is 25.4 Å². The van der Waals surface area contributed by atoms with E-state index in [1.807, 2.05) is 29.5 Å². The first kappa shape index (κ1) is 12.3. The summed E-state index contributed by atoms with van der Waals surface area (Å²) in [6.07, 6.45) is 3.94. The molecule has 88 valence electrons. The summed E-state index contributed by atoms with van der Waals surface area (Å²) in [5.41, 5.74) is -0.0937. The third-order valence-electron chi connectivity index (χ3n) is 2.66. The highest BCUT2D eigenvalue weighted by Gasteiger charge is 2.22. The second kappa shape index (κ2) is 5.01. The molecule has 1 fully saturated rings. The number of rotatable bonds is 2.